The second kappa shape index (κ2) is 3.50. The van der Waals surface area contributed by atoms with Gasteiger partial charge in [-0.05, 0) is 11.6 Å². The first-order chi connectivity index (χ1) is 8.92. The van der Waals surface area contributed by atoms with Crippen LogP contribution < -0.4 is 0 Å². The smallest absolute Gasteiger partial charge is 0.0963 e. The van der Waals surface area contributed by atoms with E-state index in [9.17, 15) is 0 Å². The SMILES string of the molecule is C1=NN=C2CC(c3n[nH]c4ccccc34)=CC=C12. The van der Waals surface area contributed by atoms with Crippen LogP contribution in [0.3, 0.4) is 0 Å². The quantitative estimate of drug-likeness (QED) is 0.810. The van der Waals surface area contributed by atoms with E-state index in [1.807, 2.05) is 18.2 Å². The third-order valence-electron chi connectivity index (χ3n) is 3.30. The third-order valence-corrected chi connectivity index (χ3v) is 3.30. The molecule has 1 aliphatic heterocycles. The molecule has 1 aromatic heterocycles. The molecule has 0 radical (unpaired) electrons. The van der Waals surface area contributed by atoms with Gasteiger partial charge in [-0.15, -0.1) is 0 Å². The van der Waals surface area contributed by atoms with Crippen LogP contribution in [0.25, 0.3) is 16.5 Å². The number of para-hydroxylation sites is 1. The minimum atomic E-state index is 0.792. The van der Waals surface area contributed by atoms with Gasteiger partial charge in [0.2, 0.25) is 0 Å². The highest BCUT2D eigenvalue weighted by Gasteiger charge is 2.19. The van der Waals surface area contributed by atoms with E-state index in [0.717, 1.165) is 34.3 Å². The number of rotatable bonds is 1. The molecule has 4 rings (SSSR count). The number of allylic oxidation sites excluding steroid dienone is 4. The fourth-order valence-electron chi connectivity index (χ4n) is 2.37. The summed E-state index contributed by atoms with van der Waals surface area (Å²) in [6.45, 7) is 0. The lowest BCUT2D eigenvalue weighted by atomic mass is 9.94. The van der Waals surface area contributed by atoms with Gasteiger partial charge in [-0.1, -0.05) is 30.4 Å². The van der Waals surface area contributed by atoms with Crippen molar-refractivity contribution in [3.8, 4) is 0 Å². The van der Waals surface area contributed by atoms with Gasteiger partial charge in [0.05, 0.1) is 23.1 Å². The van der Waals surface area contributed by atoms with Crippen molar-refractivity contribution < 1.29 is 0 Å². The fourth-order valence-corrected chi connectivity index (χ4v) is 2.37. The molecule has 2 aliphatic rings. The molecular weight excluding hydrogens is 224 g/mol. The molecular formula is C14H10N4. The molecule has 1 aliphatic carbocycles. The van der Waals surface area contributed by atoms with E-state index in [-0.39, 0.29) is 0 Å². The number of benzene rings is 1. The van der Waals surface area contributed by atoms with Crippen molar-refractivity contribution in [3.05, 3.63) is 47.7 Å². The Labute approximate surface area is 103 Å². The van der Waals surface area contributed by atoms with Gasteiger partial charge in [-0.25, -0.2) is 0 Å². The highest BCUT2D eigenvalue weighted by Crippen LogP contribution is 2.29. The van der Waals surface area contributed by atoms with Gasteiger partial charge in [0.15, 0.2) is 0 Å². The lowest BCUT2D eigenvalue weighted by Gasteiger charge is -2.09. The predicted molar refractivity (Wildman–Crippen MR) is 72.7 cm³/mol. The van der Waals surface area contributed by atoms with E-state index < -0.39 is 0 Å². The predicted octanol–water partition coefficient (Wildman–Crippen LogP) is 2.72. The van der Waals surface area contributed by atoms with Crippen LogP contribution >= 0.6 is 0 Å². The monoisotopic (exact) mass is 234 g/mol. The molecule has 4 heteroatoms. The molecule has 0 bridgehead atoms. The molecule has 4 nitrogen and oxygen atoms in total. The van der Waals surface area contributed by atoms with Gasteiger partial charge >= 0.3 is 0 Å². The van der Waals surface area contributed by atoms with Gasteiger partial charge in [-0.3, -0.25) is 5.10 Å². The first-order valence-electron chi connectivity index (χ1n) is 5.86. The Morgan fingerprint density at radius 2 is 2.06 bits per heavy atom. The molecule has 1 N–H and O–H groups in total. The molecule has 0 unspecified atom stereocenters. The summed E-state index contributed by atoms with van der Waals surface area (Å²) in [6.07, 6.45) is 6.75. The van der Waals surface area contributed by atoms with Crippen LogP contribution in [0.5, 0.6) is 0 Å². The molecule has 0 atom stereocenters. The first-order valence-corrected chi connectivity index (χ1v) is 5.86. The first kappa shape index (κ1) is 9.53. The zero-order valence-electron chi connectivity index (χ0n) is 9.59. The second-order valence-electron chi connectivity index (χ2n) is 4.40. The summed E-state index contributed by atoms with van der Waals surface area (Å²) in [6, 6.07) is 8.16. The number of aromatic nitrogens is 2. The van der Waals surface area contributed by atoms with Crippen LogP contribution in [-0.2, 0) is 0 Å². The van der Waals surface area contributed by atoms with Crippen LogP contribution in [0.15, 0.2) is 52.2 Å². The van der Waals surface area contributed by atoms with Gasteiger partial charge < -0.3 is 0 Å². The van der Waals surface area contributed by atoms with Crippen molar-refractivity contribution in [1.82, 2.24) is 10.2 Å². The van der Waals surface area contributed by atoms with Gasteiger partial charge in [-0.2, -0.15) is 15.3 Å². The average molecular weight is 234 g/mol. The van der Waals surface area contributed by atoms with Crippen molar-refractivity contribution >= 4 is 28.4 Å². The van der Waals surface area contributed by atoms with Crippen molar-refractivity contribution in [3.63, 3.8) is 0 Å². The topological polar surface area (TPSA) is 53.4 Å². The molecule has 0 amide bonds. The number of hydrogen-bond donors (Lipinski definition) is 1. The van der Waals surface area contributed by atoms with Crippen molar-refractivity contribution in [1.29, 1.82) is 0 Å². The lowest BCUT2D eigenvalue weighted by molar-refractivity contribution is 1.09. The number of nitrogens with zero attached hydrogens (tertiary/aromatic N) is 3. The average Bonchev–Trinajstić information content (AvgIpc) is 3.04. The molecule has 2 aromatic rings. The molecule has 0 spiro atoms. The van der Waals surface area contributed by atoms with Crippen molar-refractivity contribution in [2.45, 2.75) is 6.42 Å². The number of hydrogen-bond acceptors (Lipinski definition) is 3. The van der Waals surface area contributed by atoms with Crippen molar-refractivity contribution in [2.24, 2.45) is 10.2 Å². The normalized spacial score (nSPS) is 17.4. The van der Waals surface area contributed by atoms with Gasteiger partial charge in [0.1, 0.15) is 0 Å². The molecule has 1 aromatic carbocycles. The zero-order chi connectivity index (χ0) is 11.9. The zero-order valence-corrected chi connectivity index (χ0v) is 9.59. The minimum absolute atomic E-state index is 0.792. The molecule has 0 fully saturated rings. The molecule has 18 heavy (non-hydrogen) atoms. The number of aromatic amines is 1. The number of nitrogens with one attached hydrogen (secondary N) is 1. The maximum absolute atomic E-state index is 4.41. The Kier molecular flexibility index (Phi) is 1.85. The van der Waals surface area contributed by atoms with Crippen LogP contribution in [0.4, 0.5) is 0 Å². The summed E-state index contributed by atoms with van der Waals surface area (Å²) in [5.74, 6) is 0. The van der Waals surface area contributed by atoms with E-state index >= 15 is 0 Å². The third kappa shape index (κ3) is 1.29. The second-order valence-corrected chi connectivity index (χ2v) is 4.40. The highest BCUT2D eigenvalue weighted by atomic mass is 15.2. The Bertz CT molecular complexity index is 759. The maximum Gasteiger partial charge on any atom is 0.0963 e. The van der Waals surface area contributed by atoms with Gasteiger partial charge in [0, 0.05) is 17.4 Å². The van der Waals surface area contributed by atoms with E-state index in [1.165, 1.54) is 5.57 Å². The van der Waals surface area contributed by atoms with Crippen LogP contribution in [-0.4, -0.2) is 22.1 Å². The van der Waals surface area contributed by atoms with E-state index in [2.05, 4.69) is 38.6 Å². The largest absolute Gasteiger partial charge is 0.277 e. The Morgan fingerprint density at radius 3 is 3.06 bits per heavy atom. The van der Waals surface area contributed by atoms with E-state index in [1.54, 1.807) is 6.21 Å². The summed E-state index contributed by atoms with van der Waals surface area (Å²) in [4.78, 5) is 0. The highest BCUT2D eigenvalue weighted by molar-refractivity contribution is 6.23. The Hall–Kier alpha value is -2.49. The summed E-state index contributed by atoms with van der Waals surface area (Å²) in [7, 11) is 0. The van der Waals surface area contributed by atoms with Gasteiger partial charge in [0.25, 0.3) is 0 Å². The molecule has 2 heterocycles. The van der Waals surface area contributed by atoms with Crippen molar-refractivity contribution in [2.75, 3.05) is 0 Å². The molecule has 0 saturated carbocycles. The maximum atomic E-state index is 4.41. The summed E-state index contributed by atoms with van der Waals surface area (Å²) < 4.78 is 0. The van der Waals surface area contributed by atoms with Crippen LogP contribution in [0.1, 0.15) is 12.1 Å². The van der Waals surface area contributed by atoms with E-state index in [4.69, 9.17) is 0 Å². The summed E-state index contributed by atoms with van der Waals surface area (Å²) in [5.41, 5.74) is 5.39. The van der Waals surface area contributed by atoms with Crippen LogP contribution in [0, 0.1) is 0 Å². The summed E-state index contributed by atoms with van der Waals surface area (Å²) in [5, 5.41) is 16.7. The lowest BCUT2D eigenvalue weighted by Crippen LogP contribution is -2.05. The number of H-pyrrole nitrogens is 1. The number of fused-ring (bicyclic) bond motifs is 2. The Morgan fingerprint density at radius 1 is 1.11 bits per heavy atom. The summed E-state index contributed by atoms with van der Waals surface area (Å²) >= 11 is 0. The fraction of sp³-hybridized carbons (Fsp3) is 0.0714. The standard InChI is InChI=1S/C14H10N4/c1-2-4-12-11(3-1)14(18-17-12)9-5-6-10-8-15-16-13(10)7-9/h1-6,8H,7H2,(H,17,18). The van der Waals surface area contributed by atoms with E-state index in [0.29, 0.717) is 0 Å². The Balaban J connectivity index is 1.85. The molecule has 86 valence electrons. The molecule has 0 saturated heterocycles. The minimum Gasteiger partial charge on any atom is -0.277 e. The van der Waals surface area contributed by atoms with Crippen LogP contribution in [0.2, 0.25) is 0 Å².